The SMILES string of the molecule is CC.CC(C)(O)O.Nc1c(Cl)ncnc1NC1CC[C@@H](CO)C1. The molecule has 1 aromatic rings. The predicted octanol–water partition coefficient (Wildman–Crippen LogP) is 2.02. The van der Waals surface area contributed by atoms with E-state index in [1.54, 1.807) is 0 Å². The minimum Gasteiger partial charge on any atom is -0.396 e. The van der Waals surface area contributed by atoms with Gasteiger partial charge < -0.3 is 26.4 Å². The van der Waals surface area contributed by atoms with Crippen LogP contribution in [0.3, 0.4) is 0 Å². The van der Waals surface area contributed by atoms with Crippen molar-refractivity contribution in [3.05, 3.63) is 11.5 Å². The first-order chi connectivity index (χ1) is 10.7. The number of hydrogen-bond donors (Lipinski definition) is 5. The van der Waals surface area contributed by atoms with Gasteiger partial charge in [0.1, 0.15) is 12.0 Å². The first kappa shape index (κ1) is 21.9. The van der Waals surface area contributed by atoms with E-state index in [0.29, 0.717) is 23.5 Å². The molecule has 0 aliphatic heterocycles. The summed E-state index contributed by atoms with van der Waals surface area (Å²) < 4.78 is 0. The summed E-state index contributed by atoms with van der Waals surface area (Å²) in [5, 5.41) is 28.7. The summed E-state index contributed by atoms with van der Waals surface area (Å²) in [7, 11) is 0. The molecule has 0 spiro atoms. The molecule has 1 unspecified atom stereocenters. The van der Waals surface area contributed by atoms with Gasteiger partial charge in [-0.1, -0.05) is 25.4 Å². The highest BCUT2D eigenvalue weighted by Crippen LogP contribution is 2.30. The summed E-state index contributed by atoms with van der Waals surface area (Å²) in [4.78, 5) is 7.85. The maximum Gasteiger partial charge on any atom is 0.157 e. The van der Waals surface area contributed by atoms with Gasteiger partial charge in [-0.15, -0.1) is 0 Å². The van der Waals surface area contributed by atoms with Crippen molar-refractivity contribution in [2.75, 3.05) is 17.7 Å². The molecule has 7 nitrogen and oxygen atoms in total. The molecule has 0 aromatic carbocycles. The second-order valence-corrected chi connectivity index (χ2v) is 5.98. The highest BCUT2D eigenvalue weighted by molar-refractivity contribution is 6.32. The van der Waals surface area contributed by atoms with Gasteiger partial charge in [0, 0.05) is 12.6 Å². The molecular weight excluding hydrogens is 320 g/mol. The lowest BCUT2D eigenvalue weighted by Gasteiger charge is -2.14. The summed E-state index contributed by atoms with van der Waals surface area (Å²) in [5.74, 6) is -0.528. The van der Waals surface area contributed by atoms with Crippen molar-refractivity contribution in [2.45, 2.75) is 58.8 Å². The van der Waals surface area contributed by atoms with Crippen LogP contribution in [0.4, 0.5) is 11.5 Å². The minimum atomic E-state index is -1.50. The van der Waals surface area contributed by atoms with Crippen LogP contribution >= 0.6 is 11.6 Å². The number of nitrogens with two attached hydrogens (primary N) is 1. The number of nitrogens with one attached hydrogen (secondary N) is 1. The van der Waals surface area contributed by atoms with Gasteiger partial charge in [-0.05, 0) is 39.0 Å². The Balaban J connectivity index is 0.000000594. The van der Waals surface area contributed by atoms with Crippen molar-refractivity contribution >= 4 is 23.1 Å². The van der Waals surface area contributed by atoms with Crippen molar-refractivity contribution < 1.29 is 15.3 Å². The monoisotopic (exact) mass is 348 g/mol. The van der Waals surface area contributed by atoms with Crippen LogP contribution in [0.25, 0.3) is 0 Å². The predicted molar refractivity (Wildman–Crippen MR) is 93.2 cm³/mol. The Bertz CT molecular complexity index is 449. The smallest absolute Gasteiger partial charge is 0.157 e. The number of anilines is 2. The fourth-order valence-corrected chi connectivity index (χ4v) is 2.19. The fraction of sp³-hybridized carbons (Fsp3) is 0.733. The first-order valence-electron chi connectivity index (χ1n) is 7.78. The summed E-state index contributed by atoms with van der Waals surface area (Å²) in [5.41, 5.74) is 6.14. The van der Waals surface area contributed by atoms with E-state index in [4.69, 9.17) is 32.7 Å². The number of aliphatic hydroxyl groups excluding tert-OH is 1. The van der Waals surface area contributed by atoms with Crippen LogP contribution in [-0.4, -0.2) is 43.7 Å². The van der Waals surface area contributed by atoms with E-state index in [1.807, 2.05) is 13.8 Å². The maximum absolute atomic E-state index is 9.05. The lowest BCUT2D eigenvalue weighted by molar-refractivity contribution is -0.127. The molecule has 0 saturated heterocycles. The third-order valence-corrected chi connectivity index (χ3v) is 3.28. The van der Waals surface area contributed by atoms with Crippen LogP contribution in [0, 0.1) is 5.92 Å². The topological polar surface area (TPSA) is 125 Å². The lowest BCUT2D eigenvalue weighted by Crippen LogP contribution is -2.18. The number of halogens is 1. The Labute approximate surface area is 142 Å². The molecule has 1 fully saturated rings. The van der Waals surface area contributed by atoms with Crippen molar-refractivity contribution in [1.29, 1.82) is 0 Å². The number of hydrogen-bond acceptors (Lipinski definition) is 7. The molecule has 2 rings (SSSR count). The van der Waals surface area contributed by atoms with Crippen molar-refractivity contribution in [2.24, 2.45) is 5.92 Å². The Kier molecular flexibility index (Phi) is 10.1. The van der Waals surface area contributed by atoms with Gasteiger partial charge in [0.2, 0.25) is 0 Å². The highest BCUT2D eigenvalue weighted by atomic mass is 35.5. The second kappa shape index (κ2) is 10.6. The van der Waals surface area contributed by atoms with E-state index < -0.39 is 5.79 Å². The molecule has 134 valence electrons. The molecule has 0 radical (unpaired) electrons. The molecule has 1 aliphatic rings. The van der Waals surface area contributed by atoms with Gasteiger partial charge in [-0.25, -0.2) is 9.97 Å². The Hall–Kier alpha value is -1.15. The second-order valence-electron chi connectivity index (χ2n) is 5.62. The average molecular weight is 349 g/mol. The van der Waals surface area contributed by atoms with Crippen LogP contribution < -0.4 is 11.1 Å². The number of aliphatic hydroxyl groups is 3. The standard InChI is InChI=1S/C10H15ClN4O.C3H8O2.C2H6/c11-9-8(12)10(14-5-13-9)15-7-2-1-6(3-7)4-16;1-3(2,4)5;1-2/h5-7,16H,1-4,12H2,(H,13,14,15);4-5H,1-2H3;1-2H3/t6-,7?;;/m1../s1. The minimum absolute atomic E-state index is 0.248. The summed E-state index contributed by atoms with van der Waals surface area (Å²) in [6.07, 6.45) is 4.39. The van der Waals surface area contributed by atoms with E-state index >= 15 is 0 Å². The molecular formula is C15H29ClN4O3. The van der Waals surface area contributed by atoms with E-state index in [2.05, 4.69) is 15.3 Å². The molecule has 1 aliphatic carbocycles. The zero-order valence-electron chi connectivity index (χ0n) is 14.3. The van der Waals surface area contributed by atoms with Gasteiger partial charge in [0.25, 0.3) is 0 Å². The van der Waals surface area contributed by atoms with Crippen LogP contribution in [0.15, 0.2) is 6.33 Å². The first-order valence-corrected chi connectivity index (χ1v) is 8.16. The van der Waals surface area contributed by atoms with E-state index in [9.17, 15) is 0 Å². The molecule has 1 aromatic heterocycles. The molecule has 0 bridgehead atoms. The van der Waals surface area contributed by atoms with Crippen molar-refractivity contribution in [1.82, 2.24) is 9.97 Å². The highest BCUT2D eigenvalue weighted by Gasteiger charge is 2.24. The molecule has 1 saturated carbocycles. The van der Waals surface area contributed by atoms with Crippen LogP contribution in [0.5, 0.6) is 0 Å². The molecule has 0 amide bonds. The van der Waals surface area contributed by atoms with Gasteiger partial charge in [0.15, 0.2) is 16.8 Å². The molecule has 23 heavy (non-hydrogen) atoms. The van der Waals surface area contributed by atoms with Gasteiger partial charge in [-0.2, -0.15) is 0 Å². The Morgan fingerprint density at radius 2 is 1.87 bits per heavy atom. The largest absolute Gasteiger partial charge is 0.396 e. The van der Waals surface area contributed by atoms with Crippen molar-refractivity contribution in [3.63, 3.8) is 0 Å². The number of nitrogens with zero attached hydrogens (tertiary/aromatic N) is 2. The number of rotatable bonds is 3. The normalized spacial score (nSPS) is 20.0. The summed E-state index contributed by atoms with van der Waals surface area (Å²) in [6, 6.07) is 0.311. The third kappa shape index (κ3) is 9.55. The number of nitrogen functional groups attached to an aromatic ring is 1. The van der Waals surface area contributed by atoms with Gasteiger partial charge in [-0.3, -0.25) is 0 Å². The Morgan fingerprint density at radius 3 is 2.35 bits per heavy atom. The van der Waals surface area contributed by atoms with Crippen molar-refractivity contribution in [3.8, 4) is 0 Å². The molecule has 2 atom stereocenters. The van der Waals surface area contributed by atoms with E-state index in [1.165, 1.54) is 20.2 Å². The average Bonchev–Trinajstić information content (AvgIpc) is 2.92. The lowest BCUT2D eigenvalue weighted by atomic mass is 10.1. The third-order valence-electron chi connectivity index (χ3n) is 2.98. The zero-order chi connectivity index (χ0) is 18.0. The van der Waals surface area contributed by atoms with Gasteiger partial charge >= 0.3 is 0 Å². The van der Waals surface area contributed by atoms with Crippen LogP contribution in [0.2, 0.25) is 5.15 Å². The molecule has 1 heterocycles. The summed E-state index contributed by atoms with van der Waals surface area (Å²) in [6.45, 7) is 6.85. The Morgan fingerprint density at radius 1 is 1.30 bits per heavy atom. The van der Waals surface area contributed by atoms with E-state index in [0.717, 1.165) is 19.3 Å². The number of aromatic nitrogens is 2. The van der Waals surface area contributed by atoms with Crippen LogP contribution in [-0.2, 0) is 0 Å². The zero-order valence-corrected chi connectivity index (χ0v) is 15.0. The molecule has 8 heteroatoms. The quantitative estimate of drug-likeness (QED) is 0.418. The van der Waals surface area contributed by atoms with E-state index in [-0.39, 0.29) is 11.8 Å². The van der Waals surface area contributed by atoms with Gasteiger partial charge in [0.05, 0.1) is 0 Å². The van der Waals surface area contributed by atoms with Crippen LogP contribution in [0.1, 0.15) is 47.0 Å². The fourth-order valence-electron chi connectivity index (χ4n) is 2.05. The molecule has 6 N–H and O–H groups in total. The summed E-state index contributed by atoms with van der Waals surface area (Å²) >= 11 is 5.80. The maximum atomic E-state index is 9.05.